The van der Waals surface area contributed by atoms with Gasteiger partial charge < -0.3 is 15.8 Å². The highest BCUT2D eigenvalue weighted by Gasteiger charge is 2.32. The number of thiophene rings is 1. The molecule has 0 saturated heterocycles. The minimum absolute atomic E-state index is 0.339. The summed E-state index contributed by atoms with van der Waals surface area (Å²) in [5.74, 6) is 0.192. The van der Waals surface area contributed by atoms with Crippen molar-refractivity contribution in [2.24, 2.45) is 0 Å². The van der Waals surface area contributed by atoms with E-state index >= 15 is 0 Å². The molecule has 0 aliphatic heterocycles. The van der Waals surface area contributed by atoms with E-state index in [1.54, 1.807) is 0 Å². The lowest BCUT2D eigenvalue weighted by molar-refractivity contribution is 0.0607. The number of methoxy groups -OCH3 is 1. The van der Waals surface area contributed by atoms with E-state index in [2.05, 4.69) is 5.32 Å². The number of nitrogens with one attached hydrogen (secondary N) is 1. The molecule has 0 radical (unpaired) electrons. The van der Waals surface area contributed by atoms with Gasteiger partial charge in [-0.3, -0.25) is 0 Å². The van der Waals surface area contributed by atoms with Gasteiger partial charge in [0.2, 0.25) is 0 Å². The number of ether oxygens (including phenoxy) is 1. The van der Waals surface area contributed by atoms with Crippen molar-refractivity contribution in [2.75, 3.05) is 24.7 Å². The standard InChI is InChI=1S/C11H16N2O2S/c1-3-13-10-7(6-4-5-6)8(12)9(16-10)11(14)15-2/h6,13H,3-5,12H2,1-2H3. The van der Waals surface area contributed by atoms with Crippen LogP contribution in [0.4, 0.5) is 10.7 Å². The zero-order valence-corrected chi connectivity index (χ0v) is 10.3. The van der Waals surface area contributed by atoms with Crippen LogP contribution in [0.25, 0.3) is 0 Å². The number of nitrogens with two attached hydrogens (primary N) is 1. The Bertz CT molecular complexity index is 410. The van der Waals surface area contributed by atoms with E-state index in [1.807, 2.05) is 6.92 Å². The van der Waals surface area contributed by atoms with Crippen LogP contribution in [0, 0.1) is 0 Å². The molecule has 0 amide bonds. The Labute approximate surface area is 98.8 Å². The van der Waals surface area contributed by atoms with E-state index in [-0.39, 0.29) is 5.97 Å². The molecule has 1 saturated carbocycles. The summed E-state index contributed by atoms with van der Waals surface area (Å²) in [5.41, 5.74) is 7.75. The second-order valence-corrected chi connectivity index (χ2v) is 4.90. The molecule has 4 nitrogen and oxygen atoms in total. The summed E-state index contributed by atoms with van der Waals surface area (Å²) in [6, 6.07) is 0. The van der Waals surface area contributed by atoms with Gasteiger partial charge in [-0.1, -0.05) is 0 Å². The minimum Gasteiger partial charge on any atom is -0.465 e. The van der Waals surface area contributed by atoms with Crippen LogP contribution in [0.5, 0.6) is 0 Å². The SMILES string of the molecule is CCNc1sc(C(=O)OC)c(N)c1C1CC1. The average Bonchev–Trinajstić information content (AvgIpc) is 3.04. The van der Waals surface area contributed by atoms with E-state index < -0.39 is 0 Å². The third kappa shape index (κ3) is 1.87. The van der Waals surface area contributed by atoms with Crippen LogP contribution in [-0.2, 0) is 4.74 Å². The number of esters is 1. The summed E-state index contributed by atoms with van der Waals surface area (Å²) in [6.07, 6.45) is 2.33. The molecule has 0 aromatic carbocycles. The molecule has 2 rings (SSSR count). The first-order chi connectivity index (χ1) is 7.69. The van der Waals surface area contributed by atoms with Crippen LogP contribution in [0.2, 0.25) is 0 Å². The predicted octanol–water partition coefficient (Wildman–Crippen LogP) is 2.43. The topological polar surface area (TPSA) is 64.3 Å². The molecule has 1 aromatic rings. The average molecular weight is 240 g/mol. The molecule has 16 heavy (non-hydrogen) atoms. The van der Waals surface area contributed by atoms with Gasteiger partial charge in [0.15, 0.2) is 0 Å². The first-order valence-corrected chi connectivity index (χ1v) is 6.25. The van der Waals surface area contributed by atoms with Crippen molar-refractivity contribution in [1.82, 2.24) is 0 Å². The Kier molecular flexibility index (Phi) is 3.05. The van der Waals surface area contributed by atoms with E-state index in [1.165, 1.54) is 31.3 Å². The zero-order chi connectivity index (χ0) is 11.7. The Morgan fingerprint density at radius 2 is 2.31 bits per heavy atom. The zero-order valence-electron chi connectivity index (χ0n) is 9.50. The molecule has 0 bridgehead atoms. The van der Waals surface area contributed by atoms with Gasteiger partial charge >= 0.3 is 5.97 Å². The fourth-order valence-corrected chi connectivity index (χ4v) is 2.96. The molecule has 1 fully saturated rings. The van der Waals surface area contributed by atoms with Crippen LogP contribution in [0.1, 0.15) is 40.9 Å². The molecule has 3 N–H and O–H groups in total. The third-order valence-electron chi connectivity index (χ3n) is 2.68. The maximum absolute atomic E-state index is 11.5. The maximum atomic E-state index is 11.5. The molecule has 1 heterocycles. The fourth-order valence-electron chi connectivity index (χ4n) is 1.77. The van der Waals surface area contributed by atoms with E-state index in [0.717, 1.165) is 17.1 Å². The normalized spacial score (nSPS) is 14.9. The number of hydrogen-bond acceptors (Lipinski definition) is 5. The van der Waals surface area contributed by atoms with Gasteiger partial charge in [0.25, 0.3) is 0 Å². The summed E-state index contributed by atoms with van der Waals surface area (Å²) < 4.78 is 4.73. The molecule has 1 aromatic heterocycles. The van der Waals surface area contributed by atoms with E-state index in [0.29, 0.717) is 16.5 Å². The van der Waals surface area contributed by atoms with Crippen molar-refractivity contribution in [3.05, 3.63) is 10.4 Å². The molecular weight excluding hydrogens is 224 g/mol. The molecule has 0 spiro atoms. The van der Waals surface area contributed by atoms with Gasteiger partial charge in [-0.25, -0.2) is 4.79 Å². The molecule has 0 unspecified atom stereocenters. The predicted molar refractivity (Wildman–Crippen MR) is 66.2 cm³/mol. The monoisotopic (exact) mass is 240 g/mol. The Morgan fingerprint density at radius 3 is 2.81 bits per heavy atom. The fraction of sp³-hybridized carbons (Fsp3) is 0.545. The quantitative estimate of drug-likeness (QED) is 0.793. The van der Waals surface area contributed by atoms with Crippen LogP contribution >= 0.6 is 11.3 Å². The van der Waals surface area contributed by atoms with Crippen molar-refractivity contribution in [3.63, 3.8) is 0 Å². The first kappa shape index (κ1) is 11.3. The largest absolute Gasteiger partial charge is 0.465 e. The highest BCUT2D eigenvalue weighted by atomic mass is 32.1. The van der Waals surface area contributed by atoms with Crippen LogP contribution in [0.3, 0.4) is 0 Å². The third-order valence-corrected chi connectivity index (χ3v) is 3.84. The summed E-state index contributed by atoms with van der Waals surface area (Å²) >= 11 is 1.40. The molecule has 5 heteroatoms. The first-order valence-electron chi connectivity index (χ1n) is 5.43. The second-order valence-electron chi connectivity index (χ2n) is 3.88. The number of anilines is 2. The number of hydrogen-bond donors (Lipinski definition) is 2. The van der Waals surface area contributed by atoms with Crippen LogP contribution < -0.4 is 11.1 Å². The van der Waals surface area contributed by atoms with Crippen molar-refractivity contribution >= 4 is 28.0 Å². The minimum atomic E-state index is -0.339. The summed E-state index contributed by atoms with van der Waals surface area (Å²) in [4.78, 5) is 12.1. The number of rotatable bonds is 4. The lowest BCUT2D eigenvalue weighted by Gasteiger charge is -2.03. The highest BCUT2D eigenvalue weighted by Crippen LogP contribution is 2.50. The smallest absolute Gasteiger partial charge is 0.350 e. The molecule has 0 atom stereocenters. The summed E-state index contributed by atoms with van der Waals surface area (Å²) in [5, 5.41) is 4.30. The molecule has 88 valence electrons. The van der Waals surface area contributed by atoms with Crippen LogP contribution in [0.15, 0.2) is 0 Å². The van der Waals surface area contributed by atoms with Gasteiger partial charge in [-0.15, -0.1) is 11.3 Å². The van der Waals surface area contributed by atoms with Crippen molar-refractivity contribution in [3.8, 4) is 0 Å². The number of nitrogen functional groups attached to an aromatic ring is 1. The van der Waals surface area contributed by atoms with Crippen LogP contribution in [-0.4, -0.2) is 19.6 Å². The lowest BCUT2D eigenvalue weighted by Crippen LogP contribution is -2.03. The summed E-state index contributed by atoms with van der Waals surface area (Å²) in [7, 11) is 1.38. The van der Waals surface area contributed by atoms with Crippen molar-refractivity contribution < 1.29 is 9.53 Å². The van der Waals surface area contributed by atoms with E-state index in [9.17, 15) is 4.79 Å². The van der Waals surface area contributed by atoms with Gasteiger partial charge in [-0.2, -0.15) is 0 Å². The second kappa shape index (κ2) is 4.33. The van der Waals surface area contributed by atoms with Gasteiger partial charge in [0, 0.05) is 12.1 Å². The maximum Gasteiger partial charge on any atom is 0.350 e. The van der Waals surface area contributed by atoms with Crippen molar-refractivity contribution in [1.29, 1.82) is 0 Å². The van der Waals surface area contributed by atoms with Gasteiger partial charge in [-0.05, 0) is 25.7 Å². The molecule has 1 aliphatic rings. The Morgan fingerprint density at radius 1 is 1.62 bits per heavy atom. The lowest BCUT2D eigenvalue weighted by atomic mass is 10.1. The number of carbonyl (C=O) groups is 1. The molecular formula is C11H16N2O2S. The molecule has 1 aliphatic carbocycles. The van der Waals surface area contributed by atoms with Gasteiger partial charge in [0.05, 0.1) is 17.8 Å². The van der Waals surface area contributed by atoms with E-state index in [4.69, 9.17) is 10.5 Å². The highest BCUT2D eigenvalue weighted by molar-refractivity contribution is 7.18. The summed E-state index contributed by atoms with van der Waals surface area (Å²) in [6.45, 7) is 2.87. The Hall–Kier alpha value is -1.23. The van der Waals surface area contributed by atoms with Gasteiger partial charge in [0.1, 0.15) is 4.88 Å². The van der Waals surface area contributed by atoms with Crippen molar-refractivity contribution in [2.45, 2.75) is 25.7 Å². The number of carbonyl (C=O) groups excluding carboxylic acids is 1. The Balaban J connectivity index is 2.40.